The summed E-state index contributed by atoms with van der Waals surface area (Å²) in [5, 5.41) is 0. The molecule has 0 aliphatic carbocycles. The van der Waals surface area contributed by atoms with Crippen LogP contribution in [0.25, 0.3) is 0 Å². The van der Waals surface area contributed by atoms with Crippen LogP contribution < -0.4 is 10.5 Å². The van der Waals surface area contributed by atoms with Gasteiger partial charge in [0.2, 0.25) is 0 Å². The van der Waals surface area contributed by atoms with Crippen LogP contribution in [-0.2, 0) is 6.42 Å². The summed E-state index contributed by atoms with van der Waals surface area (Å²) in [5.74, 6) is 0.847. The number of benzene rings is 2. The highest BCUT2D eigenvalue weighted by Gasteiger charge is 2.14. The average Bonchev–Trinajstić information content (AvgIpc) is 2.46. The molecule has 2 nitrogen and oxygen atoms in total. The average molecular weight is 255 g/mol. The van der Waals surface area contributed by atoms with Crippen molar-refractivity contribution in [2.45, 2.75) is 26.3 Å². The van der Waals surface area contributed by atoms with E-state index in [0.29, 0.717) is 0 Å². The highest BCUT2D eigenvalue weighted by atomic mass is 16.5. The van der Waals surface area contributed by atoms with Gasteiger partial charge in [0.05, 0.1) is 13.2 Å². The predicted octanol–water partition coefficient (Wildman–Crippen LogP) is 3.61. The van der Waals surface area contributed by atoms with E-state index in [1.807, 2.05) is 12.1 Å². The van der Waals surface area contributed by atoms with Crippen molar-refractivity contribution >= 4 is 0 Å². The molecule has 0 bridgehead atoms. The van der Waals surface area contributed by atoms with Crippen molar-refractivity contribution in [1.29, 1.82) is 0 Å². The number of aryl methyl sites for hydroxylation is 2. The van der Waals surface area contributed by atoms with Gasteiger partial charge in [-0.1, -0.05) is 48.9 Å². The van der Waals surface area contributed by atoms with Gasteiger partial charge in [0.15, 0.2) is 0 Å². The highest BCUT2D eigenvalue weighted by molar-refractivity contribution is 5.44. The lowest BCUT2D eigenvalue weighted by atomic mass is 9.95. The van der Waals surface area contributed by atoms with Gasteiger partial charge in [-0.15, -0.1) is 0 Å². The fourth-order valence-corrected chi connectivity index (χ4v) is 2.28. The van der Waals surface area contributed by atoms with E-state index in [1.165, 1.54) is 11.1 Å². The molecular weight excluding hydrogens is 234 g/mol. The molecule has 2 aromatic carbocycles. The van der Waals surface area contributed by atoms with Gasteiger partial charge in [-0.05, 0) is 30.5 Å². The Morgan fingerprint density at radius 3 is 2.63 bits per heavy atom. The Hall–Kier alpha value is -1.80. The summed E-state index contributed by atoms with van der Waals surface area (Å²) in [6, 6.07) is 14.4. The minimum atomic E-state index is -0.152. The van der Waals surface area contributed by atoms with Crippen molar-refractivity contribution in [3.63, 3.8) is 0 Å². The summed E-state index contributed by atoms with van der Waals surface area (Å²) >= 11 is 0. The second-order valence-corrected chi connectivity index (χ2v) is 4.82. The monoisotopic (exact) mass is 255 g/mol. The number of hydrogen-bond acceptors (Lipinski definition) is 2. The summed E-state index contributed by atoms with van der Waals surface area (Å²) < 4.78 is 5.42. The first-order chi connectivity index (χ1) is 9.15. The van der Waals surface area contributed by atoms with Crippen molar-refractivity contribution in [2.75, 3.05) is 7.11 Å². The molecule has 2 heteroatoms. The van der Waals surface area contributed by atoms with Crippen molar-refractivity contribution in [3.8, 4) is 5.75 Å². The van der Waals surface area contributed by atoms with Gasteiger partial charge in [-0.25, -0.2) is 0 Å². The number of nitrogens with two attached hydrogens (primary N) is 1. The lowest BCUT2D eigenvalue weighted by Gasteiger charge is -2.17. The third-order valence-corrected chi connectivity index (χ3v) is 3.44. The zero-order chi connectivity index (χ0) is 13.8. The van der Waals surface area contributed by atoms with Crippen LogP contribution in [0.2, 0.25) is 0 Å². The van der Waals surface area contributed by atoms with Crippen LogP contribution in [0.5, 0.6) is 5.75 Å². The largest absolute Gasteiger partial charge is 0.496 e. The summed E-state index contributed by atoms with van der Waals surface area (Å²) in [6.07, 6.45) is 1.02. The molecule has 19 heavy (non-hydrogen) atoms. The van der Waals surface area contributed by atoms with Crippen molar-refractivity contribution in [2.24, 2.45) is 5.73 Å². The maximum atomic E-state index is 6.41. The molecule has 0 saturated carbocycles. The third kappa shape index (κ3) is 2.96. The molecule has 1 atom stereocenters. The first-order valence-corrected chi connectivity index (χ1v) is 6.64. The van der Waals surface area contributed by atoms with E-state index in [9.17, 15) is 0 Å². The van der Waals surface area contributed by atoms with E-state index in [0.717, 1.165) is 23.3 Å². The van der Waals surface area contributed by atoms with Gasteiger partial charge in [0.25, 0.3) is 0 Å². The number of rotatable bonds is 4. The molecule has 0 radical (unpaired) electrons. The van der Waals surface area contributed by atoms with Crippen molar-refractivity contribution in [1.82, 2.24) is 0 Å². The molecule has 0 saturated heterocycles. The quantitative estimate of drug-likeness (QED) is 0.905. The van der Waals surface area contributed by atoms with Gasteiger partial charge >= 0.3 is 0 Å². The van der Waals surface area contributed by atoms with Crippen LogP contribution in [0.1, 0.15) is 35.2 Å². The van der Waals surface area contributed by atoms with Gasteiger partial charge in [-0.2, -0.15) is 0 Å². The lowest BCUT2D eigenvalue weighted by molar-refractivity contribution is 0.407. The Labute approximate surface area is 115 Å². The fourth-order valence-electron chi connectivity index (χ4n) is 2.28. The summed E-state index contributed by atoms with van der Waals surface area (Å²) in [5.41, 5.74) is 11.1. The Kier molecular flexibility index (Phi) is 4.23. The van der Waals surface area contributed by atoms with E-state index < -0.39 is 0 Å². The lowest BCUT2D eigenvalue weighted by Crippen LogP contribution is -2.13. The molecule has 0 aliphatic heterocycles. The maximum Gasteiger partial charge on any atom is 0.123 e. The highest BCUT2D eigenvalue weighted by Crippen LogP contribution is 2.29. The minimum Gasteiger partial charge on any atom is -0.496 e. The Morgan fingerprint density at radius 1 is 1.16 bits per heavy atom. The number of hydrogen-bond donors (Lipinski definition) is 1. The van der Waals surface area contributed by atoms with Gasteiger partial charge in [0.1, 0.15) is 5.75 Å². The molecule has 0 aromatic heterocycles. The molecule has 100 valence electrons. The van der Waals surface area contributed by atoms with Crippen LogP contribution >= 0.6 is 0 Å². The smallest absolute Gasteiger partial charge is 0.123 e. The minimum absolute atomic E-state index is 0.152. The van der Waals surface area contributed by atoms with E-state index >= 15 is 0 Å². The first-order valence-electron chi connectivity index (χ1n) is 6.64. The molecule has 0 fully saturated rings. The fraction of sp³-hybridized carbons (Fsp3) is 0.294. The number of ether oxygens (including phenoxy) is 1. The van der Waals surface area contributed by atoms with E-state index in [4.69, 9.17) is 10.5 Å². The normalized spacial score (nSPS) is 12.2. The van der Waals surface area contributed by atoms with Crippen LogP contribution in [0.4, 0.5) is 0 Å². The molecule has 1 unspecified atom stereocenters. The second kappa shape index (κ2) is 5.89. The molecule has 0 spiro atoms. The van der Waals surface area contributed by atoms with Crippen molar-refractivity contribution in [3.05, 3.63) is 64.7 Å². The van der Waals surface area contributed by atoms with Gasteiger partial charge < -0.3 is 10.5 Å². The molecule has 0 heterocycles. The summed E-state index contributed by atoms with van der Waals surface area (Å²) in [7, 11) is 1.68. The van der Waals surface area contributed by atoms with Crippen LogP contribution in [0.3, 0.4) is 0 Å². The topological polar surface area (TPSA) is 35.2 Å². The molecule has 2 N–H and O–H groups in total. The van der Waals surface area contributed by atoms with Crippen LogP contribution in [-0.4, -0.2) is 7.11 Å². The molecule has 2 aromatic rings. The Balaban J connectivity index is 2.42. The predicted molar refractivity (Wildman–Crippen MR) is 79.6 cm³/mol. The Bertz CT molecular complexity index is 563. The molecule has 0 aliphatic rings. The van der Waals surface area contributed by atoms with Crippen LogP contribution in [0.15, 0.2) is 42.5 Å². The van der Waals surface area contributed by atoms with Crippen molar-refractivity contribution < 1.29 is 4.74 Å². The SMILES string of the molecule is CCc1cccc(C(N)c2cc(C)ccc2OC)c1. The van der Waals surface area contributed by atoms with Gasteiger partial charge in [-0.3, -0.25) is 0 Å². The molecular formula is C17H21NO. The van der Waals surface area contributed by atoms with E-state index in [1.54, 1.807) is 7.11 Å². The summed E-state index contributed by atoms with van der Waals surface area (Å²) in [6.45, 7) is 4.22. The molecule has 0 amide bonds. The van der Waals surface area contributed by atoms with Crippen LogP contribution in [0, 0.1) is 6.92 Å². The first kappa shape index (κ1) is 13.6. The Morgan fingerprint density at radius 2 is 1.95 bits per heavy atom. The zero-order valence-corrected chi connectivity index (χ0v) is 11.8. The standard InChI is InChI=1S/C17H21NO/c1-4-13-6-5-7-14(11-13)17(18)15-10-12(2)8-9-16(15)19-3/h5-11,17H,4,18H2,1-3H3. The number of methoxy groups -OCH3 is 1. The zero-order valence-electron chi connectivity index (χ0n) is 11.8. The third-order valence-electron chi connectivity index (χ3n) is 3.44. The van der Waals surface area contributed by atoms with Gasteiger partial charge in [0, 0.05) is 5.56 Å². The second-order valence-electron chi connectivity index (χ2n) is 4.82. The van der Waals surface area contributed by atoms with E-state index in [-0.39, 0.29) is 6.04 Å². The summed E-state index contributed by atoms with van der Waals surface area (Å²) in [4.78, 5) is 0. The maximum absolute atomic E-state index is 6.41. The molecule has 2 rings (SSSR count). The van der Waals surface area contributed by atoms with E-state index in [2.05, 4.69) is 44.2 Å².